The molecule has 2 heterocycles. The Hall–Kier alpha value is -4.37. The maximum absolute atomic E-state index is 13.5. The van der Waals surface area contributed by atoms with Crippen LogP contribution in [0.4, 0.5) is 24.8 Å². The summed E-state index contributed by atoms with van der Waals surface area (Å²) in [5, 5.41) is 25.1. The molecule has 1 aliphatic rings. The first-order valence-electron chi connectivity index (χ1n) is 12.2. The van der Waals surface area contributed by atoms with E-state index in [9.17, 15) is 28.0 Å². The van der Waals surface area contributed by atoms with Gasteiger partial charge in [-0.3, -0.25) is 4.90 Å². The molecule has 0 spiro atoms. The van der Waals surface area contributed by atoms with Crippen LogP contribution >= 0.6 is 0 Å². The number of aromatic amines is 1. The van der Waals surface area contributed by atoms with Gasteiger partial charge in [0.1, 0.15) is 6.04 Å². The van der Waals surface area contributed by atoms with E-state index in [1.807, 2.05) is 0 Å². The van der Waals surface area contributed by atoms with Crippen molar-refractivity contribution in [2.75, 3.05) is 18.6 Å². The molecular weight excluding hydrogens is 515 g/mol. The van der Waals surface area contributed by atoms with Gasteiger partial charge in [-0.2, -0.15) is 18.4 Å². The Labute approximate surface area is 221 Å². The van der Waals surface area contributed by atoms with Crippen molar-refractivity contribution in [3.63, 3.8) is 0 Å². The number of H-pyrrole nitrogens is 1. The van der Waals surface area contributed by atoms with Crippen molar-refractivity contribution in [2.24, 2.45) is 0 Å². The number of methoxy groups -OCH3 is 1. The lowest BCUT2D eigenvalue weighted by Crippen LogP contribution is -2.38. The predicted octanol–water partition coefficient (Wildman–Crippen LogP) is 4.36. The molecule has 1 aliphatic heterocycles. The second-order valence-electron chi connectivity index (χ2n) is 9.04. The molecule has 3 aromatic rings. The number of aliphatic hydroxyl groups excluding tert-OH is 1. The number of allylic oxidation sites excluding steroid dienone is 1. The molecule has 204 valence electrons. The first-order valence-corrected chi connectivity index (χ1v) is 12.2. The minimum absolute atomic E-state index is 0.00920. The van der Waals surface area contributed by atoms with E-state index >= 15 is 0 Å². The first kappa shape index (κ1) is 27.7. The van der Waals surface area contributed by atoms with Gasteiger partial charge in [0.05, 0.1) is 29.9 Å². The van der Waals surface area contributed by atoms with E-state index in [4.69, 9.17) is 9.84 Å². The third-order valence-corrected chi connectivity index (χ3v) is 6.65. The molecule has 1 atom stereocenters. The van der Waals surface area contributed by atoms with Gasteiger partial charge in [-0.05, 0) is 67.6 Å². The number of rotatable bonds is 8. The number of unbranched alkanes of at least 4 members (excludes halogenated alkanes) is 2. The van der Waals surface area contributed by atoms with Gasteiger partial charge < -0.3 is 9.84 Å². The van der Waals surface area contributed by atoms with Crippen molar-refractivity contribution in [1.29, 1.82) is 5.26 Å². The van der Waals surface area contributed by atoms with E-state index < -0.39 is 29.4 Å². The number of alkyl halides is 3. The molecule has 0 aliphatic carbocycles. The number of carbonyl (C=O) groups excluding carboxylic acids is 1. The van der Waals surface area contributed by atoms with E-state index in [2.05, 4.69) is 16.3 Å². The number of esters is 1. The topological polar surface area (TPSA) is 124 Å². The van der Waals surface area contributed by atoms with Crippen LogP contribution in [0, 0.1) is 11.3 Å². The van der Waals surface area contributed by atoms with Crippen LogP contribution in [-0.4, -0.2) is 39.6 Å². The Balaban J connectivity index is 1.95. The Morgan fingerprint density at radius 2 is 1.97 bits per heavy atom. The molecule has 4 rings (SSSR count). The summed E-state index contributed by atoms with van der Waals surface area (Å²) in [5.74, 6) is -0.783. The standard InChI is InChI=1S/C27H26F3N5O4/c1-16-22(24(37)39-2)23(21-11-10-17(15-31)13-18(21)7-4-3-5-12-36)35-25(32-33-26(35)38)34(16)20-9-6-8-19(14-20)27(28,29)30/h6,8-11,13-14,23,36H,3-5,7,12H2,1-2H3,(H,33,38)/t23-/m0/s1. The first-order chi connectivity index (χ1) is 18.6. The van der Waals surface area contributed by atoms with Crippen LogP contribution in [0.5, 0.6) is 0 Å². The number of ether oxygens (including phenoxy) is 1. The van der Waals surface area contributed by atoms with Crippen molar-refractivity contribution in [3.05, 3.63) is 86.5 Å². The van der Waals surface area contributed by atoms with Crippen molar-refractivity contribution in [3.8, 4) is 6.07 Å². The second-order valence-corrected chi connectivity index (χ2v) is 9.04. The molecule has 0 saturated carbocycles. The summed E-state index contributed by atoms with van der Waals surface area (Å²) < 4.78 is 46.8. The van der Waals surface area contributed by atoms with Crippen molar-refractivity contribution in [1.82, 2.24) is 14.8 Å². The van der Waals surface area contributed by atoms with E-state index in [0.717, 1.165) is 18.6 Å². The van der Waals surface area contributed by atoms with Gasteiger partial charge >= 0.3 is 17.8 Å². The van der Waals surface area contributed by atoms with Gasteiger partial charge in [-0.15, -0.1) is 5.10 Å². The zero-order chi connectivity index (χ0) is 28.3. The minimum Gasteiger partial charge on any atom is -0.466 e. The third kappa shape index (κ3) is 5.31. The molecule has 0 radical (unpaired) electrons. The van der Waals surface area contributed by atoms with Crippen molar-refractivity contribution < 1.29 is 27.8 Å². The summed E-state index contributed by atoms with van der Waals surface area (Å²) in [6.45, 7) is 1.59. The molecular formula is C27H26F3N5O4. The SMILES string of the molecule is COC(=O)C1=C(C)N(c2cccc(C(F)(F)F)c2)c2n[nH]c(=O)n2[C@H]1c1ccc(C#N)cc1CCCCCO. The largest absolute Gasteiger partial charge is 0.466 e. The Morgan fingerprint density at radius 3 is 2.64 bits per heavy atom. The number of halogens is 3. The number of nitrogens with one attached hydrogen (secondary N) is 1. The highest BCUT2D eigenvalue weighted by Gasteiger charge is 2.41. The van der Waals surface area contributed by atoms with Gasteiger partial charge in [-0.25, -0.2) is 19.3 Å². The van der Waals surface area contributed by atoms with Crippen molar-refractivity contribution >= 4 is 17.6 Å². The number of carbonyl (C=O) groups is 1. The molecule has 0 saturated heterocycles. The fourth-order valence-corrected chi connectivity index (χ4v) is 4.84. The van der Waals surface area contributed by atoms with E-state index in [1.54, 1.807) is 25.1 Å². The summed E-state index contributed by atoms with van der Waals surface area (Å²) in [4.78, 5) is 27.7. The molecule has 1 aromatic heterocycles. The molecule has 0 unspecified atom stereocenters. The van der Waals surface area contributed by atoms with Gasteiger partial charge in [-0.1, -0.05) is 18.6 Å². The lowest BCUT2D eigenvalue weighted by molar-refractivity contribution is -0.138. The van der Waals surface area contributed by atoms with Crippen LogP contribution in [0.2, 0.25) is 0 Å². The van der Waals surface area contributed by atoms with E-state index in [0.29, 0.717) is 36.0 Å². The monoisotopic (exact) mass is 541 g/mol. The smallest absolute Gasteiger partial charge is 0.416 e. The molecule has 0 amide bonds. The average Bonchev–Trinajstić information content (AvgIpc) is 3.30. The number of aliphatic hydroxyl groups is 1. The normalized spacial score (nSPS) is 15.2. The molecule has 12 heteroatoms. The predicted molar refractivity (Wildman–Crippen MR) is 135 cm³/mol. The molecule has 0 fully saturated rings. The van der Waals surface area contributed by atoms with Crippen LogP contribution in [-0.2, 0) is 22.1 Å². The lowest BCUT2D eigenvalue weighted by atomic mass is 9.88. The summed E-state index contributed by atoms with van der Waals surface area (Å²) in [5.41, 5.74) is 0.362. The summed E-state index contributed by atoms with van der Waals surface area (Å²) in [6.07, 6.45) is -2.13. The van der Waals surface area contributed by atoms with E-state index in [-0.39, 0.29) is 29.5 Å². The Kier molecular flexibility index (Phi) is 7.92. The maximum atomic E-state index is 13.5. The number of nitrogens with zero attached hydrogens (tertiary/aromatic N) is 4. The summed E-state index contributed by atoms with van der Waals surface area (Å²) in [7, 11) is 1.18. The Morgan fingerprint density at radius 1 is 1.21 bits per heavy atom. The average molecular weight is 542 g/mol. The quantitative estimate of drug-likeness (QED) is 0.321. The van der Waals surface area contributed by atoms with Crippen LogP contribution in [0.3, 0.4) is 0 Å². The number of anilines is 2. The number of benzene rings is 2. The molecule has 2 aromatic carbocycles. The summed E-state index contributed by atoms with van der Waals surface area (Å²) >= 11 is 0. The van der Waals surface area contributed by atoms with Gasteiger partial charge in [0.15, 0.2) is 0 Å². The van der Waals surface area contributed by atoms with Gasteiger partial charge in [0, 0.05) is 18.0 Å². The van der Waals surface area contributed by atoms with Crippen LogP contribution in [0.1, 0.15) is 54.5 Å². The van der Waals surface area contributed by atoms with Gasteiger partial charge in [0.2, 0.25) is 5.95 Å². The summed E-state index contributed by atoms with van der Waals surface area (Å²) in [6, 6.07) is 10.5. The molecule has 2 N–H and O–H groups in total. The number of aromatic nitrogens is 3. The highest BCUT2D eigenvalue weighted by Crippen LogP contribution is 2.43. The number of fused-ring (bicyclic) bond motifs is 1. The zero-order valence-corrected chi connectivity index (χ0v) is 21.2. The second kappa shape index (κ2) is 11.2. The number of hydrogen-bond acceptors (Lipinski definition) is 7. The minimum atomic E-state index is -4.62. The molecule has 9 nitrogen and oxygen atoms in total. The number of aryl methyl sites for hydroxylation is 1. The maximum Gasteiger partial charge on any atom is 0.416 e. The molecule has 0 bridgehead atoms. The highest BCUT2D eigenvalue weighted by atomic mass is 19.4. The third-order valence-electron chi connectivity index (χ3n) is 6.65. The fourth-order valence-electron chi connectivity index (χ4n) is 4.84. The van der Waals surface area contributed by atoms with Crippen LogP contribution < -0.4 is 10.6 Å². The van der Waals surface area contributed by atoms with Crippen molar-refractivity contribution in [2.45, 2.75) is 44.8 Å². The zero-order valence-electron chi connectivity index (χ0n) is 21.2. The van der Waals surface area contributed by atoms with Gasteiger partial charge in [0.25, 0.3) is 0 Å². The Bertz CT molecular complexity index is 1520. The van der Waals surface area contributed by atoms with Crippen LogP contribution in [0.15, 0.2) is 58.5 Å². The number of hydrogen-bond donors (Lipinski definition) is 2. The fraction of sp³-hybridized carbons (Fsp3) is 0.333. The van der Waals surface area contributed by atoms with Crippen LogP contribution in [0.25, 0.3) is 0 Å². The van der Waals surface area contributed by atoms with E-state index in [1.165, 1.54) is 28.7 Å². The number of nitriles is 1. The molecule has 39 heavy (non-hydrogen) atoms. The lowest BCUT2D eigenvalue weighted by Gasteiger charge is -2.36. The highest BCUT2D eigenvalue weighted by molar-refractivity contribution is 5.93.